The molecule has 0 spiro atoms. The Labute approximate surface area is 250 Å². The highest BCUT2D eigenvalue weighted by atomic mass is 35.5. The molecule has 3 aromatic rings. The molecule has 0 saturated carbocycles. The molecule has 0 aliphatic rings. The molecule has 0 heterocycles. The third kappa shape index (κ3) is 12.1. The number of nitrogens with one attached hydrogen (secondary N) is 1. The SMILES string of the molecule is CC(C)(C)OC(=O)NC(CCCc1ccc(Sc2cccc(OCc3ccccc3)c2)cc1Cl)CC(F)P(=O)(O)O. The summed E-state index contributed by atoms with van der Waals surface area (Å²) in [4.78, 5) is 32.5. The van der Waals surface area contributed by atoms with Crippen LogP contribution in [0.15, 0.2) is 82.6 Å². The van der Waals surface area contributed by atoms with E-state index in [1.165, 1.54) is 0 Å². The average Bonchev–Trinajstić information content (AvgIpc) is 2.88. The van der Waals surface area contributed by atoms with Crippen molar-refractivity contribution in [3.8, 4) is 5.75 Å². The van der Waals surface area contributed by atoms with Gasteiger partial charge in [-0.25, -0.2) is 9.18 Å². The van der Waals surface area contributed by atoms with Crippen LogP contribution in [0.4, 0.5) is 9.18 Å². The zero-order chi connectivity index (χ0) is 30.0. The number of alkyl halides is 1. The van der Waals surface area contributed by atoms with Crippen LogP contribution < -0.4 is 10.1 Å². The van der Waals surface area contributed by atoms with Gasteiger partial charge in [-0.15, -0.1) is 0 Å². The van der Waals surface area contributed by atoms with Crippen molar-refractivity contribution in [3.05, 3.63) is 88.9 Å². The molecule has 41 heavy (non-hydrogen) atoms. The second kappa shape index (κ2) is 15.1. The number of aryl methyl sites for hydroxylation is 1. The van der Waals surface area contributed by atoms with Gasteiger partial charge < -0.3 is 24.6 Å². The minimum absolute atomic E-state index is 0.280. The van der Waals surface area contributed by atoms with E-state index in [1.54, 1.807) is 32.5 Å². The Kier molecular flexibility index (Phi) is 12.1. The molecule has 0 aliphatic carbocycles. The minimum atomic E-state index is -4.94. The van der Waals surface area contributed by atoms with Crippen LogP contribution in [0.1, 0.15) is 51.2 Å². The van der Waals surface area contributed by atoms with Crippen LogP contribution in [0.25, 0.3) is 0 Å². The van der Waals surface area contributed by atoms with Crippen molar-refractivity contribution in [1.82, 2.24) is 5.32 Å². The normalized spacial score (nSPS) is 13.3. The summed E-state index contributed by atoms with van der Waals surface area (Å²) in [5.74, 6) is -1.62. The van der Waals surface area contributed by atoms with E-state index in [0.717, 1.165) is 26.7 Å². The van der Waals surface area contributed by atoms with Gasteiger partial charge in [0, 0.05) is 27.3 Å². The molecule has 3 rings (SSSR count). The number of hydrogen-bond acceptors (Lipinski definition) is 5. The van der Waals surface area contributed by atoms with Gasteiger partial charge in [0.15, 0.2) is 0 Å². The van der Waals surface area contributed by atoms with Crippen molar-refractivity contribution in [1.29, 1.82) is 0 Å². The van der Waals surface area contributed by atoms with Gasteiger partial charge in [0.25, 0.3) is 0 Å². The zero-order valence-corrected chi connectivity index (χ0v) is 25.7. The highest BCUT2D eigenvalue weighted by molar-refractivity contribution is 7.99. The molecule has 7 nitrogen and oxygen atoms in total. The summed E-state index contributed by atoms with van der Waals surface area (Å²) in [6.45, 7) is 5.55. The Morgan fingerprint density at radius 1 is 1.05 bits per heavy atom. The van der Waals surface area contributed by atoms with Crippen LogP contribution in [-0.4, -0.2) is 33.4 Å². The van der Waals surface area contributed by atoms with E-state index in [0.29, 0.717) is 24.5 Å². The number of rotatable bonds is 13. The Balaban J connectivity index is 1.57. The Bertz CT molecular complexity index is 1330. The molecule has 2 atom stereocenters. The van der Waals surface area contributed by atoms with Crippen LogP contribution in [0.3, 0.4) is 0 Å². The number of alkyl carbamates (subject to hydrolysis) is 1. The first-order chi connectivity index (χ1) is 19.3. The maximum atomic E-state index is 14.1. The lowest BCUT2D eigenvalue weighted by atomic mass is 10.0. The number of ether oxygens (including phenoxy) is 2. The first-order valence-electron chi connectivity index (χ1n) is 13.2. The van der Waals surface area contributed by atoms with E-state index >= 15 is 0 Å². The lowest BCUT2D eigenvalue weighted by molar-refractivity contribution is 0.0493. The lowest BCUT2D eigenvalue weighted by Gasteiger charge is -2.25. The predicted octanol–water partition coefficient (Wildman–Crippen LogP) is 8.15. The summed E-state index contributed by atoms with van der Waals surface area (Å²) in [7, 11) is -4.94. The maximum Gasteiger partial charge on any atom is 0.407 e. The van der Waals surface area contributed by atoms with E-state index in [9.17, 15) is 23.5 Å². The fourth-order valence-corrected chi connectivity index (χ4v) is 5.71. The fraction of sp³-hybridized carbons (Fsp3) is 0.367. The minimum Gasteiger partial charge on any atom is -0.489 e. The van der Waals surface area contributed by atoms with Crippen LogP contribution in [0.2, 0.25) is 5.02 Å². The number of benzene rings is 3. The molecule has 0 radical (unpaired) electrons. The molecular formula is C30H36ClFNO6PS. The summed E-state index contributed by atoms with van der Waals surface area (Å²) >= 11 is 8.12. The number of carbonyl (C=O) groups is 1. The van der Waals surface area contributed by atoms with E-state index < -0.39 is 37.7 Å². The number of halogens is 2. The van der Waals surface area contributed by atoms with Crippen LogP contribution in [0, 0.1) is 0 Å². The molecular weight excluding hydrogens is 588 g/mol. The van der Waals surface area contributed by atoms with Gasteiger partial charge in [-0.1, -0.05) is 65.8 Å². The highest BCUT2D eigenvalue weighted by Crippen LogP contribution is 2.44. The second-order valence-electron chi connectivity index (χ2n) is 10.6. The van der Waals surface area contributed by atoms with Gasteiger partial charge in [0.2, 0.25) is 5.91 Å². The van der Waals surface area contributed by atoms with Crippen molar-refractivity contribution >= 4 is 37.1 Å². The van der Waals surface area contributed by atoms with Gasteiger partial charge in [-0.05, 0) is 81.5 Å². The molecule has 0 aromatic heterocycles. The summed E-state index contributed by atoms with van der Waals surface area (Å²) in [5.41, 5.74) is 1.20. The molecule has 3 aromatic carbocycles. The molecule has 2 unspecified atom stereocenters. The number of hydrogen-bond donors (Lipinski definition) is 3. The lowest BCUT2D eigenvalue weighted by Crippen LogP contribution is -2.40. The van der Waals surface area contributed by atoms with Crippen LogP contribution in [-0.2, 0) is 22.3 Å². The molecule has 3 N–H and O–H groups in total. The van der Waals surface area contributed by atoms with Gasteiger partial charge in [-0.3, -0.25) is 4.57 Å². The molecule has 222 valence electrons. The van der Waals surface area contributed by atoms with Gasteiger partial charge >= 0.3 is 13.7 Å². The molecule has 0 aliphatic heterocycles. The topological polar surface area (TPSA) is 105 Å². The van der Waals surface area contributed by atoms with Gasteiger partial charge in [-0.2, -0.15) is 0 Å². The van der Waals surface area contributed by atoms with Crippen LogP contribution >= 0.6 is 31.0 Å². The van der Waals surface area contributed by atoms with Crippen LogP contribution in [0.5, 0.6) is 5.75 Å². The van der Waals surface area contributed by atoms with Crippen molar-refractivity contribution in [2.75, 3.05) is 0 Å². The first-order valence-corrected chi connectivity index (χ1v) is 16.1. The maximum absolute atomic E-state index is 14.1. The molecule has 0 saturated heterocycles. The summed E-state index contributed by atoms with van der Waals surface area (Å²) in [5, 5.41) is 3.12. The molecule has 0 bridgehead atoms. The quantitative estimate of drug-likeness (QED) is 0.165. The number of carbonyl (C=O) groups excluding carboxylic acids is 1. The highest BCUT2D eigenvalue weighted by Gasteiger charge is 2.32. The molecule has 1 amide bonds. The van der Waals surface area contributed by atoms with Crippen molar-refractivity contribution < 1.29 is 33.0 Å². The first kappa shape index (κ1) is 33.0. The Hall–Kier alpha value is -2.55. The van der Waals surface area contributed by atoms with E-state index in [4.69, 9.17) is 21.1 Å². The van der Waals surface area contributed by atoms with E-state index in [1.807, 2.05) is 72.8 Å². The third-order valence-electron chi connectivity index (χ3n) is 5.88. The van der Waals surface area contributed by atoms with Gasteiger partial charge in [0.1, 0.15) is 18.0 Å². The number of amides is 1. The predicted molar refractivity (Wildman–Crippen MR) is 160 cm³/mol. The largest absolute Gasteiger partial charge is 0.489 e. The van der Waals surface area contributed by atoms with Gasteiger partial charge in [0.05, 0.1) is 0 Å². The fourth-order valence-electron chi connectivity index (χ4n) is 3.93. The Morgan fingerprint density at radius 2 is 1.76 bits per heavy atom. The summed E-state index contributed by atoms with van der Waals surface area (Å²) < 4.78 is 36.6. The monoisotopic (exact) mass is 623 g/mol. The Morgan fingerprint density at radius 3 is 2.41 bits per heavy atom. The molecule has 11 heteroatoms. The zero-order valence-electron chi connectivity index (χ0n) is 23.3. The third-order valence-corrected chi connectivity index (χ3v) is 8.15. The van der Waals surface area contributed by atoms with Crippen molar-refractivity contribution in [2.24, 2.45) is 0 Å². The van der Waals surface area contributed by atoms with E-state index in [2.05, 4.69) is 5.32 Å². The summed E-state index contributed by atoms with van der Waals surface area (Å²) in [6, 6.07) is 22.7. The molecule has 0 fully saturated rings. The standard InChI is InChI=1S/C30H36ClFNO6PS/c1-30(2,3)39-29(34)33-23(17-28(32)40(35,36)37)12-7-11-22-15-16-26(19-27(22)31)41-25-14-8-13-24(18-25)38-20-21-9-5-4-6-10-21/h4-6,8-10,13-16,18-19,23,28H,7,11-12,17,20H2,1-3H3,(H,33,34)(H2,35,36,37). The van der Waals surface area contributed by atoms with Crippen molar-refractivity contribution in [2.45, 2.75) is 80.4 Å². The summed E-state index contributed by atoms with van der Waals surface area (Å²) in [6.07, 6.45) is 0.0191. The second-order valence-corrected chi connectivity index (χ2v) is 13.9. The smallest absolute Gasteiger partial charge is 0.407 e. The van der Waals surface area contributed by atoms with Crippen molar-refractivity contribution in [3.63, 3.8) is 0 Å². The average molecular weight is 624 g/mol. The van der Waals surface area contributed by atoms with E-state index in [-0.39, 0.29) is 6.42 Å².